The highest BCUT2D eigenvalue weighted by molar-refractivity contribution is 8.45. The molecule has 1 amide bonds. The van der Waals surface area contributed by atoms with Crippen molar-refractivity contribution < 1.29 is 43.6 Å². The SMILES string of the molecule is COc1cc(N=C(C(=O)N2CCc3ccc(S(F)(F)(F)(F)F)cc32)c2ccc(Cl)cc2)cc(OCCCC(=O)O)c1. The normalized spacial score (nSPS) is 15.1. The van der Waals surface area contributed by atoms with Gasteiger partial charge in [0.25, 0.3) is 5.91 Å². The van der Waals surface area contributed by atoms with Gasteiger partial charge in [-0.1, -0.05) is 49.2 Å². The molecule has 0 saturated carbocycles. The van der Waals surface area contributed by atoms with Crippen molar-refractivity contribution in [1.29, 1.82) is 0 Å². The summed E-state index contributed by atoms with van der Waals surface area (Å²) in [6.07, 6.45) is 0.281. The minimum atomic E-state index is -10.0. The molecular formula is C27H24ClF5N2O5S. The van der Waals surface area contributed by atoms with E-state index in [2.05, 4.69) is 4.99 Å². The lowest BCUT2D eigenvalue weighted by molar-refractivity contribution is -0.137. The number of carboxylic acids is 1. The Labute approximate surface area is 236 Å². The number of carboxylic acid groups (broad SMARTS) is 1. The van der Waals surface area contributed by atoms with Gasteiger partial charge in [0.05, 0.1) is 19.4 Å². The first-order valence-electron chi connectivity index (χ1n) is 12.1. The topological polar surface area (TPSA) is 88.4 Å². The molecule has 14 heteroatoms. The summed E-state index contributed by atoms with van der Waals surface area (Å²) in [6.45, 7) is 0.0191. The van der Waals surface area contributed by atoms with Gasteiger partial charge in [0.1, 0.15) is 22.1 Å². The zero-order chi connectivity index (χ0) is 30.1. The van der Waals surface area contributed by atoms with E-state index in [4.69, 9.17) is 26.2 Å². The number of aliphatic carboxylic acids is 1. The number of halogens is 6. The number of carbonyl (C=O) groups excluding carboxylic acids is 1. The number of rotatable bonds is 10. The molecule has 0 spiro atoms. The molecule has 0 unspecified atom stereocenters. The molecule has 41 heavy (non-hydrogen) atoms. The van der Waals surface area contributed by atoms with E-state index < -0.39 is 27.0 Å². The molecule has 0 aromatic heterocycles. The number of fused-ring (bicyclic) bond motifs is 1. The second kappa shape index (κ2) is 10.5. The van der Waals surface area contributed by atoms with Crippen LogP contribution in [0.15, 0.2) is 70.6 Å². The van der Waals surface area contributed by atoms with Gasteiger partial charge >= 0.3 is 16.2 Å². The van der Waals surface area contributed by atoms with Gasteiger partial charge in [-0.05, 0) is 42.7 Å². The monoisotopic (exact) mass is 618 g/mol. The van der Waals surface area contributed by atoms with E-state index in [9.17, 15) is 29.0 Å². The predicted octanol–water partition coefficient (Wildman–Crippen LogP) is 7.96. The van der Waals surface area contributed by atoms with Gasteiger partial charge in [-0.2, -0.15) is 0 Å². The zero-order valence-electron chi connectivity index (χ0n) is 21.5. The lowest BCUT2D eigenvalue weighted by Crippen LogP contribution is -2.35. The Balaban J connectivity index is 1.76. The van der Waals surface area contributed by atoms with Crippen molar-refractivity contribution in [2.45, 2.75) is 24.2 Å². The van der Waals surface area contributed by atoms with E-state index in [1.54, 1.807) is 0 Å². The molecule has 0 fully saturated rings. The van der Waals surface area contributed by atoms with Gasteiger partial charge < -0.3 is 19.5 Å². The van der Waals surface area contributed by atoms with Crippen molar-refractivity contribution in [3.05, 3.63) is 76.8 Å². The van der Waals surface area contributed by atoms with Crippen LogP contribution in [0.1, 0.15) is 24.0 Å². The molecule has 1 aliphatic heterocycles. The average molecular weight is 619 g/mol. The molecule has 3 aromatic rings. The Bertz CT molecular complexity index is 1530. The van der Waals surface area contributed by atoms with Crippen molar-refractivity contribution in [3.8, 4) is 11.5 Å². The maximum Gasteiger partial charge on any atom is 0.310 e. The highest BCUT2D eigenvalue weighted by Crippen LogP contribution is 3.02. The van der Waals surface area contributed by atoms with E-state index >= 15 is 0 Å². The number of ether oxygens (including phenoxy) is 2. The number of benzene rings is 3. The Morgan fingerprint density at radius 2 is 1.68 bits per heavy atom. The standard InChI is InChI=1S/C27H24ClF5N2O5S/c1-39-21-13-20(14-22(15-21)40-12-2-3-25(36)37)34-26(18-4-7-19(28)8-5-18)27(38)35-11-10-17-6-9-23(16-24(17)35)41(29,30,31,32)33/h4-9,13-16H,2-3,10-12H2,1H3,(H,36,37). The second-order valence-electron chi connectivity index (χ2n) is 9.15. The molecule has 0 atom stereocenters. The van der Waals surface area contributed by atoms with Gasteiger partial charge in [0, 0.05) is 47.4 Å². The van der Waals surface area contributed by atoms with Crippen molar-refractivity contribution in [3.63, 3.8) is 0 Å². The van der Waals surface area contributed by atoms with Crippen LogP contribution >= 0.6 is 21.8 Å². The van der Waals surface area contributed by atoms with E-state index in [1.807, 2.05) is 0 Å². The number of amides is 1. The van der Waals surface area contributed by atoms with Crippen LogP contribution < -0.4 is 14.4 Å². The Morgan fingerprint density at radius 1 is 1.00 bits per heavy atom. The maximum absolute atomic E-state index is 13.8. The third-order valence-electron chi connectivity index (χ3n) is 6.11. The van der Waals surface area contributed by atoms with Crippen LogP contribution in [0.5, 0.6) is 11.5 Å². The number of methoxy groups -OCH3 is 1. The van der Waals surface area contributed by atoms with Gasteiger partial charge in [-0.15, -0.1) is 0 Å². The van der Waals surface area contributed by atoms with Crippen LogP contribution in [0.4, 0.5) is 30.8 Å². The number of nitrogens with zero attached hydrogens (tertiary/aromatic N) is 2. The Hall–Kier alpha value is -3.84. The fourth-order valence-electron chi connectivity index (χ4n) is 4.15. The minimum absolute atomic E-state index is 0.0550. The molecule has 0 radical (unpaired) electrons. The van der Waals surface area contributed by atoms with E-state index in [-0.39, 0.29) is 60.8 Å². The molecule has 0 aliphatic carbocycles. The van der Waals surface area contributed by atoms with E-state index in [0.29, 0.717) is 28.5 Å². The van der Waals surface area contributed by atoms with Gasteiger partial charge in [0.15, 0.2) is 0 Å². The van der Waals surface area contributed by atoms with Gasteiger partial charge in [-0.3, -0.25) is 9.59 Å². The first kappa shape index (κ1) is 30.1. The van der Waals surface area contributed by atoms with Crippen LogP contribution in [-0.4, -0.2) is 43.0 Å². The molecule has 3 aromatic carbocycles. The maximum atomic E-state index is 13.8. The number of anilines is 1. The predicted molar refractivity (Wildman–Crippen MR) is 147 cm³/mol. The fraction of sp³-hybridized carbons (Fsp3) is 0.222. The first-order chi connectivity index (χ1) is 19.0. The highest BCUT2D eigenvalue weighted by atomic mass is 35.5. The summed E-state index contributed by atoms with van der Waals surface area (Å²) in [7, 11) is -8.61. The summed E-state index contributed by atoms with van der Waals surface area (Å²) in [5, 5.41) is 9.17. The molecule has 0 saturated heterocycles. The molecule has 7 nitrogen and oxygen atoms in total. The van der Waals surface area contributed by atoms with Crippen molar-refractivity contribution in [1.82, 2.24) is 0 Å². The summed E-state index contributed by atoms with van der Waals surface area (Å²) >= 11 is 6.00. The van der Waals surface area contributed by atoms with Crippen molar-refractivity contribution in [2.24, 2.45) is 4.99 Å². The molecule has 1 aliphatic rings. The molecule has 220 valence electrons. The summed E-state index contributed by atoms with van der Waals surface area (Å²) < 4.78 is 78.7. The quantitative estimate of drug-likeness (QED) is 0.141. The van der Waals surface area contributed by atoms with Crippen LogP contribution in [0.25, 0.3) is 0 Å². The average Bonchev–Trinajstić information content (AvgIpc) is 3.32. The molecule has 4 rings (SSSR count). The van der Waals surface area contributed by atoms with Crippen LogP contribution in [0, 0.1) is 0 Å². The van der Waals surface area contributed by atoms with E-state index in [1.165, 1.54) is 49.6 Å². The third-order valence-corrected chi connectivity index (χ3v) is 7.51. The molecule has 1 N–H and O–H groups in total. The van der Waals surface area contributed by atoms with Crippen LogP contribution in [0.2, 0.25) is 5.02 Å². The Morgan fingerprint density at radius 3 is 2.32 bits per heavy atom. The largest absolute Gasteiger partial charge is 0.497 e. The zero-order valence-corrected chi connectivity index (χ0v) is 23.0. The lowest BCUT2D eigenvalue weighted by Gasteiger charge is -2.40. The first-order valence-corrected chi connectivity index (χ1v) is 14.4. The number of aliphatic imine (C=N–C) groups is 1. The van der Waals surface area contributed by atoms with Crippen LogP contribution in [0.3, 0.4) is 0 Å². The van der Waals surface area contributed by atoms with Gasteiger partial charge in [-0.25, -0.2) is 4.99 Å². The highest BCUT2D eigenvalue weighted by Gasteiger charge is 2.65. The summed E-state index contributed by atoms with van der Waals surface area (Å²) in [6, 6.07) is 12.0. The van der Waals surface area contributed by atoms with E-state index in [0.717, 1.165) is 11.0 Å². The molecule has 0 bridgehead atoms. The molecular weight excluding hydrogens is 595 g/mol. The lowest BCUT2D eigenvalue weighted by atomic mass is 10.1. The number of carbonyl (C=O) groups is 2. The van der Waals surface area contributed by atoms with Gasteiger partial charge in [0.2, 0.25) is 0 Å². The third kappa shape index (κ3) is 7.47. The second-order valence-corrected chi connectivity index (χ2v) is 12.0. The summed E-state index contributed by atoms with van der Waals surface area (Å²) in [4.78, 5) is 27.9. The Kier molecular flexibility index (Phi) is 7.74. The van der Waals surface area contributed by atoms with Crippen LogP contribution in [-0.2, 0) is 16.0 Å². The van der Waals surface area contributed by atoms with Crippen molar-refractivity contribution in [2.75, 3.05) is 25.2 Å². The number of hydrogen-bond acceptors (Lipinski definition) is 5. The smallest absolute Gasteiger partial charge is 0.310 e. The molecule has 1 heterocycles. The van der Waals surface area contributed by atoms with Crippen molar-refractivity contribution >= 4 is 50.8 Å². The fourth-order valence-corrected chi connectivity index (χ4v) is 4.93. The summed E-state index contributed by atoms with van der Waals surface area (Å²) in [5.74, 6) is -1.23. The number of hydrogen-bond donors (Lipinski definition) is 1. The minimum Gasteiger partial charge on any atom is -0.497 e. The summed E-state index contributed by atoms with van der Waals surface area (Å²) in [5.41, 5.74) is 0.269.